The summed E-state index contributed by atoms with van der Waals surface area (Å²) in [4.78, 5) is 11.3. The standard InChI is InChI=1S/C10H19NO3S/c1-2-15-9-5-3-4-8(9)11-10(13)14-7-6-12/h8-9,12H,2-7H2,1H3,(H,11,13). The molecule has 0 saturated heterocycles. The van der Waals surface area contributed by atoms with E-state index in [9.17, 15) is 4.79 Å². The zero-order valence-corrected chi connectivity index (χ0v) is 9.89. The normalized spacial score (nSPS) is 25.2. The lowest BCUT2D eigenvalue weighted by atomic mass is 10.2. The van der Waals surface area contributed by atoms with Gasteiger partial charge in [0.05, 0.1) is 6.61 Å². The summed E-state index contributed by atoms with van der Waals surface area (Å²) in [5, 5.41) is 11.9. The van der Waals surface area contributed by atoms with Crippen molar-refractivity contribution < 1.29 is 14.6 Å². The Morgan fingerprint density at radius 1 is 1.60 bits per heavy atom. The Kier molecular flexibility index (Phi) is 5.86. The van der Waals surface area contributed by atoms with Gasteiger partial charge in [-0.2, -0.15) is 11.8 Å². The molecule has 0 aromatic rings. The highest BCUT2D eigenvalue weighted by Gasteiger charge is 2.28. The van der Waals surface area contributed by atoms with Gasteiger partial charge >= 0.3 is 6.09 Å². The lowest BCUT2D eigenvalue weighted by Crippen LogP contribution is -2.39. The van der Waals surface area contributed by atoms with Gasteiger partial charge in [-0.1, -0.05) is 13.3 Å². The lowest BCUT2D eigenvalue weighted by Gasteiger charge is -2.19. The molecule has 88 valence electrons. The SMILES string of the molecule is CCSC1CCCC1NC(=O)OCCO. The highest BCUT2D eigenvalue weighted by Crippen LogP contribution is 2.29. The van der Waals surface area contributed by atoms with Crippen LogP contribution in [-0.2, 0) is 4.74 Å². The predicted octanol–water partition coefficient (Wildman–Crippen LogP) is 1.38. The van der Waals surface area contributed by atoms with Crippen LogP contribution in [0.3, 0.4) is 0 Å². The number of hydrogen-bond donors (Lipinski definition) is 2. The Bertz CT molecular complexity index is 201. The number of alkyl carbamates (subject to hydrolysis) is 1. The fourth-order valence-corrected chi connectivity index (χ4v) is 3.03. The van der Waals surface area contributed by atoms with Crippen molar-refractivity contribution in [2.75, 3.05) is 19.0 Å². The van der Waals surface area contributed by atoms with Crippen molar-refractivity contribution in [3.8, 4) is 0 Å². The second-order valence-corrected chi connectivity index (χ2v) is 5.05. The Labute approximate surface area is 94.8 Å². The van der Waals surface area contributed by atoms with Crippen molar-refractivity contribution >= 4 is 17.9 Å². The summed E-state index contributed by atoms with van der Waals surface area (Å²) in [6, 6.07) is 0.237. The average molecular weight is 233 g/mol. The van der Waals surface area contributed by atoms with Gasteiger partial charge in [-0.15, -0.1) is 0 Å². The van der Waals surface area contributed by atoms with Crippen molar-refractivity contribution in [2.24, 2.45) is 0 Å². The first kappa shape index (κ1) is 12.6. The van der Waals surface area contributed by atoms with Crippen molar-refractivity contribution in [1.29, 1.82) is 0 Å². The molecule has 0 aromatic heterocycles. The first-order valence-corrected chi connectivity index (χ1v) is 6.48. The Balaban J connectivity index is 2.26. The summed E-state index contributed by atoms with van der Waals surface area (Å²) in [5.74, 6) is 1.08. The number of ether oxygens (including phenoxy) is 1. The highest BCUT2D eigenvalue weighted by molar-refractivity contribution is 7.99. The van der Waals surface area contributed by atoms with Crippen LogP contribution in [0, 0.1) is 0 Å². The monoisotopic (exact) mass is 233 g/mol. The molecule has 0 heterocycles. The molecule has 0 bridgehead atoms. The smallest absolute Gasteiger partial charge is 0.407 e. The average Bonchev–Trinajstić information content (AvgIpc) is 2.63. The number of aliphatic hydroxyl groups excluding tert-OH is 1. The number of carbonyl (C=O) groups is 1. The summed E-state index contributed by atoms with van der Waals surface area (Å²) >= 11 is 1.89. The van der Waals surface area contributed by atoms with E-state index >= 15 is 0 Å². The minimum atomic E-state index is -0.405. The van der Waals surface area contributed by atoms with Gasteiger partial charge in [0.15, 0.2) is 0 Å². The zero-order valence-electron chi connectivity index (χ0n) is 9.07. The van der Waals surface area contributed by atoms with Crippen LogP contribution < -0.4 is 5.32 Å². The van der Waals surface area contributed by atoms with Crippen LogP contribution in [0.1, 0.15) is 26.2 Å². The molecular formula is C10H19NO3S. The molecule has 0 spiro atoms. The Hall–Kier alpha value is -0.420. The van der Waals surface area contributed by atoms with Crippen molar-refractivity contribution in [3.05, 3.63) is 0 Å². The number of hydrogen-bond acceptors (Lipinski definition) is 4. The molecule has 2 atom stereocenters. The molecule has 1 saturated carbocycles. The van der Waals surface area contributed by atoms with Crippen LogP contribution in [0.15, 0.2) is 0 Å². The fourth-order valence-electron chi connectivity index (χ4n) is 1.84. The van der Waals surface area contributed by atoms with Crippen LogP contribution in [0.2, 0.25) is 0 Å². The summed E-state index contributed by atoms with van der Waals surface area (Å²) in [7, 11) is 0. The van der Waals surface area contributed by atoms with Gasteiger partial charge in [-0.25, -0.2) is 4.79 Å². The molecule has 4 nitrogen and oxygen atoms in total. The third kappa shape index (κ3) is 4.30. The largest absolute Gasteiger partial charge is 0.447 e. The van der Waals surface area contributed by atoms with Gasteiger partial charge in [0.1, 0.15) is 6.61 Å². The molecule has 1 fully saturated rings. The maximum Gasteiger partial charge on any atom is 0.407 e. The predicted molar refractivity (Wildman–Crippen MR) is 61.1 cm³/mol. The van der Waals surface area contributed by atoms with Gasteiger partial charge in [0.25, 0.3) is 0 Å². The molecule has 1 aliphatic rings. The lowest BCUT2D eigenvalue weighted by molar-refractivity contribution is 0.116. The third-order valence-corrected chi connectivity index (χ3v) is 3.79. The maximum absolute atomic E-state index is 11.3. The van der Waals surface area contributed by atoms with Gasteiger partial charge in [0.2, 0.25) is 0 Å². The molecule has 1 amide bonds. The van der Waals surface area contributed by atoms with Gasteiger partial charge in [-0.05, 0) is 18.6 Å². The topological polar surface area (TPSA) is 58.6 Å². The van der Waals surface area contributed by atoms with Crippen LogP contribution in [0.25, 0.3) is 0 Å². The first-order valence-electron chi connectivity index (χ1n) is 5.43. The molecule has 1 rings (SSSR count). The maximum atomic E-state index is 11.3. The van der Waals surface area contributed by atoms with E-state index in [0.717, 1.165) is 12.2 Å². The van der Waals surface area contributed by atoms with E-state index in [2.05, 4.69) is 12.2 Å². The van der Waals surface area contributed by atoms with Gasteiger partial charge < -0.3 is 15.2 Å². The third-order valence-electron chi connectivity index (χ3n) is 2.46. The van der Waals surface area contributed by atoms with Crippen molar-refractivity contribution in [1.82, 2.24) is 5.32 Å². The first-order chi connectivity index (χ1) is 7.27. The second-order valence-electron chi connectivity index (χ2n) is 3.54. The molecular weight excluding hydrogens is 214 g/mol. The van der Waals surface area contributed by atoms with Crippen LogP contribution in [0.5, 0.6) is 0 Å². The van der Waals surface area contributed by atoms with E-state index < -0.39 is 6.09 Å². The number of thioether (sulfide) groups is 1. The van der Waals surface area contributed by atoms with E-state index in [-0.39, 0.29) is 19.3 Å². The number of nitrogens with one attached hydrogen (secondary N) is 1. The number of carbonyl (C=O) groups excluding carboxylic acids is 1. The number of rotatable bonds is 5. The molecule has 1 aliphatic carbocycles. The van der Waals surface area contributed by atoms with Crippen molar-refractivity contribution in [2.45, 2.75) is 37.5 Å². The minimum Gasteiger partial charge on any atom is -0.447 e. The van der Waals surface area contributed by atoms with Gasteiger partial charge in [0, 0.05) is 11.3 Å². The van der Waals surface area contributed by atoms with E-state index in [1.807, 2.05) is 11.8 Å². The fraction of sp³-hybridized carbons (Fsp3) is 0.900. The van der Waals surface area contributed by atoms with Crippen LogP contribution in [-0.4, -0.2) is 41.5 Å². The number of aliphatic hydroxyl groups is 1. The molecule has 15 heavy (non-hydrogen) atoms. The second kappa shape index (κ2) is 6.95. The van der Waals surface area contributed by atoms with E-state index in [0.29, 0.717) is 5.25 Å². The van der Waals surface area contributed by atoms with Crippen LogP contribution >= 0.6 is 11.8 Å². The van der Waals surface area contributed by atoms with E-state index in [1.165, 1.54) is 12.8 Å². The highest BCUT2D eigenvalue weighted by atomic mass is 32.2. The zero-order chi connectivity index (χ0) is 11.1. The summed E-state index contributed by atoms with van der Waals surface area (Å²) in [6.45, 7) is 2.08. The summed E-state index contributed by atoms with van der Waals surface area (Å²) in [5.41, 5.74) is 0. The molecule has 0 radical (unpaired) electrons. The van der Waals surface area contributed by atoms with Gasteiger partial charge in [-0.3, -0.25) is 0 Å². The van der Waals surface area contributed by atoms with Crippen molar-refractivity contribution in [3.63, 3.8) is 0 Å². The van der Waals surface area contributed by atoms with Crippen LogP contribution in [0.4, 0.5) is 4.79 Å². The molecule has 2 N–H and O–H groups in total. The van der Waals surface area contributed by atoms with E-state index in [4.69, 9.17) is 9.84 Å². The molecule has 0 aromatic carbocycles. The quantitative estimate of drug-likeness (QED) is 0.753. The summed E-state index contributed by atoms with van der Waals surface area (Å²) in [6.07, 6.45) is 2.97. The Morgan fingerprint density at radius 3 is 3.07 bits per heavy atom. The molecule has 2 unspecified atom stereocenters. The number of amides is 1. The Morgan fingerprint density at radius 2 is 2.40 bits per heavy atom. The minimum absolute atomic E-state index is 0.0736. The summed E-state index contributed by atoms with van der Waals surface area (Å²) < 4.78 is 4.77. The molecule has 5 heteroatoms. The van der Waals surface area contributed by atoms with E-state index in [1.54, 1.807) is 0 Å². The molecule has 0 aliphatic heterocycles.